The van der Waals surface area contributed by atoms with Crippen molar-refractivity contribution in [1.29, 1.82) is 0 Å². The van der Waals surface area contributed by atoms with Crippen molar-refractivity contribution >= 4 is 31.7 Å². The summed E-state index contributed by atoms with van der Waals surface area (Å²) in [6, 6.07) is 29.3. The van der Waals surface area contributed by atoms with Gasteiger partial charge in [0.05, 0.1) is 17.5 Å². The van der Waals surface area contributed by atoms with Crippen LogP contribution < -0.4 is 0 Å². The lowest BCUT2D eigenvalue weighted by molar-refractivity contribution is 0.0901. The van der Waals surface area contributed by atoms with E-state index in [0.717, 1.165) is 27.0 Å². The van der Waals surface area contributed by atoms with Gasteiger partial charge >= 0.3 is 0 Å². The molecule has 0 amide bonds. The molecule has 0 aliphatic carbocycles. The van der Waals surface area contributed by atoms with E-state index in [4.69, 9.17) is 0 Å². The van der Waals surface area contributed by atoms with Crippen molar-refractivity contribution < 1.29 is 13.2 Å². The summed E-state index contributed by atoms with van der Waals surface area (Å²) < 4.78 is 30.7. The number of sulfonamides is 1. The van der Waals surface area contributed by atoms with Crippen LogP contribution in [0.1, 0.15) is 38.9 Å². The van der Waals surface area contributed by atoms with Crippen molar-refractivity contribution in [3.05, 3.63) is 124 Å². The summed E-state index contributed by atoms with van der Waals surface area (Å²) in [5.41, 5.74) is 5.00. The Morgan fingerprint density at radius 3 is 1.90 bits per heavy atom. The Labute approximate surface area is 239 Å². The number of carbonyl (C=O) groups excluding carboxylic acids is 1. The van der Waals surface area contributed by atoms with Crippen LogP contribution in [0.3, 0.4) is 0 Å². The second-order valence-electron chi connectivity index (χ2n) is 9.94. The van der Waals surface area contributed by atoms with E-state index >= 15 is 0 Å². The molecule has 1 aliphatic rings. The van der Waals surface area contributed by atoms with Gasteiger partial charge in [0.15, 0.2) is 5.78 Å². The number of Topliss-reactive ketones (excluding diaryl/α,β-unsaturated/α-hetero) is 1. The molecule has 202 valence electrons. The molecule has 8 heteroatoms. The lowest BCUT2D eigenvalue weighted by atomic mass is 9.98. The van der Waals surface area contributed by atoms with Gasteiger partial charge in [0.2, 0.25) is 10.0 Å². The lowest BCUT2D eigenvalue weighted by Gasteiger charge is -2.33. The number of ketones is 1. The maximum Gasteiger partial charge on any atom is 0.243 e. The van der Waals surface area contributed by atoms with Gasteiger partial charge in [-0.05, 0) is 55.3 Å². The predicted octanol–water partition coefficient (Wildman–Crippen LogP) is 5.69. The number of halogens is 1. The number of aromatic nitrogens is 1. The fourth-order valence-corrected chi connectivity index (χ4v) is 7.08. The Bertz CT molecular complexity index is 1500. The normalized spacial score (nSPS) is 15.1. The predicted molar refractivity (Wildman–Crippen MR) is 158 cm³/mol. The average molecular weight is 607 g/mol. The molecular formula is C31H32BrN3O3S. The van der Waals surface area contributed by atoms with Crippen molar-refractivity contribution in [3.8, 4) is 0 Å². The summed E-state index contributed by atoms with van der Waals surface area (Å²) in [7, 11) is -3.56. The third-order valence-corrected chi connectivity index (χ3v) is 9.87. The molecule has 6 nitrogen and oxygen atoms in total. The topological polar surface area (TPSA) is 62.6 Å². The molecule has 0 saturated carbocycles. The number of carbonyl (C=O) groups is 1. The van der Waals surface area contributed by atoms with E-state index in [9.17, 15) is 13.2 Å². The first kappa shape index (κ1) is 27.5. The minimum absolute atomic E-state index is 0.0405. The zero-order chi connectivity index (χ0) is 27.6. The third-order valence-electron chi connectivity index (χ3n) is 7.42. The monoisotopic (exact) mass is 605 g/mol. The van der Waals surface area contributed by atoms with Crippen molar-refractivity contribution in [2.45, 2.75) is 24.8 Å². The van der Waals surface area contributed by atoms with Crippen LogP contribution in [-0.4, -0.2) is 60.7 Å². The van der Waals surface area contributed by atoms with Crippen LogP contribution in [0.5, 0.6) is 0 Å². The maximum absolute atomic E-state index is 13.5. The van der Waals surface area contributed by atoms with Gasteiger partial charge in [0.25, 0.3) is 0 Å². The number of rotatable bonds is 8. The summed E-state index contributed by atoms with van der Waals surface area (Å²) in [5, 5.41) is 0. The molecule has 0 N–H and O–H groups in total. The van der Waals surface area contributed by atoms with Crippen molar-refractivity contribution in [2.75, 3.05) is 32.7 Å². The van der Waals surface area contributed by atoms with Gasteiger partial charge in [0, 0.05) is 47.6 Å². The highest BCUT2D eigenvalue weighted by atomic mass is 79.9. The van der Waals surface area contributed by atoms with Crippen molar-refractivity contribution in [1.82, 2.24) is 13.8 Å². The molecule has 1 aliphatic heterocycles. The Balaban J connectivity index is 1.32. The number of hydrogen-bond acceptors (Lipinski definition) is 4. The molecule has 0 bridgehead atoms. The average Bonchev–Trinajstić information content (AvgIpc) is 3.24. The van der Waals surface area contributed by atoms with E-state index in [0.29, 0.717) is 31.7 Å². The van der Waals surface area contributed by atoms with Gasteiger partial charge in [-0.1, -0.05) is 76.6 Å². The fraction of sp³-hybridized carbons (Fsp3) is 0.258. The Morgan fingerprint density at radius 2 is 1.36 bits per heavy atom. The molecule has 1 saturated heterocycles. The fourth-order valence-electron chi connectivity index (χ4n) is 5.39. The van der Waals surface area contributed by atoms with E-state index in [1.807, 2.05) is 54.3 Å². The molecule has 4 aromatic rings. The van der Waals surface area contributed by atoms with Crippen LogP contribution in [0.2, 0.25) is 0 Å². The molecule has 3 aromatic carbocycles. The molecule has 1 aromatic heterocycles. The molecule has 0 atom stereocenters. The largest absolute Gasteiger partial charge is 0.337 e. The number of nitrogens with zero attached hydrogens (tertiary/aromatic N) is 3. The minimum Gasteiger partial charge on any atom is -0.337 e. The zero-order valence-corrected chi connectivity index (χ0v) is 24.5. The number of benzene rings is 3. The summed E-state index contributed by atoms with van der Waals surface area (Å²) in [6.07, 6.45) is 0. The van der Waals surface area contributed by atoms with Gasteiger partial charge in [-0.2, -0.15) is 4.31 Å². The van der Waals surface area contributed by atoms with E-state index in [2.05, 4.69) is 51.7 Å². The van der Waals surface area contributed by atoms with Crippen molar-refractivity contribution in [3.63, 3.8) is 0 Å². The van der Waals surface area contributed by atoms with E-state index in [1.54, 1.807) is 24.3 Å². The standard InChI is InChI=1S/C31H32BrN3O3S/c1-23-21-29(24(2)35(23)31(25-9-5-3-6-10-25)26-11-7-4-8-12-26)30(36)22-33-17-19-34(20-18-33)39(37,38)28-15-13-27(32)14-16-28/h3-16,21,31H,17-20,22H2,1-2H3. The molecule has 5 rings (SSSR count). The van der Waals surface area contributed by atoms with Gasteiger partial charge in [0.1, 0.15) is 0 Å². The van der Waals surface area contributed by atoms with E-state index < -0.39 is 10.0 Å². The van der Waals surface area contributed by atoms with Crippen LogP contribution >= 0.6 is 15.9 Å². The number of aryl methyl sites for hydroxylation is 1. The van der Waals surface area contributed by atoms with Crippen LogP contribution in [0, 0.1) is 13.8 Å². The highest BCUT2D eigenvalue weighted by molar-refractivity contribution is 9.10. The Morgan fingerprint density at radius 1 is 0.821 bits per heavy atom. The molecule has 0 radical (unpaired) electrons. The zero-order valence-electron chi connectivity index (χ0n) is 22.1. The summed E-state index contributed by atoms with van der Waals surface area (Å²) >= 11 is 3.35. The van der Waals surface area contributed by atoms with E-state index in [1.165, 1.54) is 4.31 Å². The quantitative estimate of drug-likeness (QED) is 0.242. The van der Waals surface area contributed by atoms with Crippen LogP contribution in [-0.2, 0) is 10.0 Å². The van der Waals surface area contributed by atoms with Crippen LogP contribution in [0.4, 0.5) is 0 Å². The minimum atomic E-state index is -3.56. The summed E-state index contributed by atoms with van der Waals surface area (Å²) in [4.78, 5) is 15.9. The molecule has 0 spiro atoms. The van der Waals surface area contributed by atoms with Gasteiger partial charge in [-0.3, -0.25) is 9.69 Å². The summed E-state index contributed by atoms with van der Waals surface area (Å²) in [5.74, 6) is 0.0541. The first-order valence-corrected chi connectivity index (χ1v) is 15.3. The number of hydrogen-bond donors (Lipinski definition) is 0. The Hall–Kier alpha value is -3.04. The molecule has 1 fully saturated rings. The van der Waals surface area contributed by atoms with Gasteiger partial charge in [-0.15, -0.1) is 0 Å². The second kappa shape index (κ2) is 11.6. The molecule has 39 heavy (non-hydrogen) atoms. The molecule has 0 unspecified atom stereocenters. The Kier molecular flexibility index (Phi) is 8.19. The lowest BCUT2D eigenvalue weighted by Crippen LogP contribution is -2.49. The highest BCUT2D eigenvalue weighted by Gasteiger charge is 2.30. The maximum atomic E-state index is 13.5. The smallest absolute Gasteiger partial charge is 0.243 e. The van der Waals surface area contributed by atoms with Crippen LogP contribution in [0.15, 0.2) is 100 Å². The first-order chi connectivity index (χ1) is 18.8. The molecular weight excluding hydrogens is 574 g/mol. The second-order valence-corrected chi connectivity index (χ2v) is 12.8. The van der Waals surface area contributed by atoms with E-state index in [-0.39, 0.29) is 23.3 Å². The summed E-state index contributed by atoms with van der Waals surface area (Å²) in [6.45, 7) is 6.06. The highest BCUT2D eigenvalue weighted by Crippen LogP contribution is 2.32. The number of piperazine rings is 1. The molecule has 2 heterocycles. The SMILES string of the molecule is Cc1cc(C(=O)CN2CCN(S(=O)(=O)c3ccc(Br)cc3)CC2)c(C)n1C(c1ccccc1)c1ccccc1. The third kappa shape index (κ3) is 5.79. The first-order valence-electron chi connectivity index (χ1n) is 13.1. The van der Waals surface area contributed by atoms with Crippen LogP contribution in [0.25, 0.3) is 0 Å². The van der Waals surface area contributed by atoms with Gasteiger partial charge in [-0.25, -0.2) is 8.42 Å². The van der Waals surface area contributed by atoms with Gasteiger partial charge < -0.3 is 4.57 Å². The van der Waals surface area contributed by atoms with Crippen molar-refractivity contribution in [2.24, 2.45) is 0 Å².